The second-order valence-corrected chi connectivity index (χ2v) is 4.70. The molecule has 1 rings (SSSR count). The van der Waals surface area contributed by atoms with E-state index in [4.69, 9.17) is 9.47 Å². The Balaban J connectivity index is 2.42. The van der Waals surface area contributed by atoms with Gasteiger partial charge in [0, 0.05) is 31.8 Å². The van der Waals surface area contributed by atoms with E-state index in [0.717, 1.165) is 11.4 Å². The Morgan fingerprint density at radius 1 is 1.44 bits per heavy atom. The number of aryl methyl sites for hydroxylation is 1. The van der Waals surface area contributed by atoms with Crippen molar-refractivity contribution < 1.29 is 9.47 Å². The third kappa shape index (κ3) is 3.83. The zero-order valence-electron chi connectivity index (χ0n) is 10.3. The van der Waals surface area contributed by atoms with Gasteiger partial charge in [0.1, 0.15) is 5.01 Å². The molecule has 1 aromatic rings. The van der Waals surface area contributed by atoms with Gasteiger partial charge in [-0.1, -0.05) is 6.92 Å². The normalized spacial score (nSPS) is 13.3. The Morgan fingerprint density at radius 3 is 2.62 bits per heavy atom. The summed E-state index contributed by atoms with van der Waals surface area (Å²) in [6, 6.07) is 0.234. The van der Waals surface area contributed by atoms with Gasteiger partial charge < -0.3 is 14.8 Å². The van der Waals surface area contributed by atoms with Gasteiger partial charge in [-0.05, 0) is 13.3 Å². The lowest BCUT2D eigenvalue weighted by atomic mass is 10.3. The fraction of sp³-hybridized carbons (Fsp3) is 0.727. The number of thiazole rings is 1. The van der Waals surface area contributed by atoms with Crippen molar-refractivity contribution >= 4 is 11.3 Å². The van der Waals surface area contributed by atoms with Gasteiger partial charge in [0.15, 0.2) is 6.29 Å². The monoisotopic (exact) mass is 244 g/mol. The van der Waals surface area contributed by atoms with Crippen molar-refractivity contribution in [1.29, 1.82) is 0 Å². The number of aromatic nitrogens is 1. The average molecular weight is 244 g/mol. The van der Waals surface area contributed by atoms with Crippen LogP contribution in [0.2, 0.25) is 0 Å². The summed E-state index contributed by atoms with van der Waals surface area (Å²) in [4.78, 5) is 5.71. The van der Waals surface area contributed by atoms with Gasteiger partial charge in [0.2, 0.25) is 0 Å². The molecule has 0 amide bonds. The van der Waals surface area contributed by atoms with E-state index in [0.29, 0.717) is 6.54 Å². The standard InChI is InChI=1S/C11H20N2O2S/c1-5-9-6-13-11(16-9)8(2)12-7-10(14-3)15-4/h6,8,10,12H,5,7H2,1-4H3. The van der Waals surface area contributed by atoms with Crippen molar-refractivity contribution in [3.05, 3.63) is 16.1 Å². The third-order valence-corrected chi connectivity index (χ3v) is 3.73. The molecule has 0 aliphatic heterocycles. The second-order valence-electron chi connectivity index (χ2n) is 3.55. The van der Waals surface area contributed by atoms with Crippen LogP contribution in [0, 0.1) is 0 Å². The van der Waals surface area contributed by atoms with E-state index < -0.39 is 0 Å². The van der Waals surface area contributed by atoms with E-state index in [9.17, 15) is 0 Å². The van der Waals surface area contributed by atoms with E-state index in [-0.39, 0.29) is 12.3 Å². The number of hydrogen-bond donors (Lipinski definition) is 1. The van der Waals surface area contributed by atoms with E-state index in [2.05, 4.69) is 24.1 Å². The molecule has 1 aromatic heterocycles. The molecule has 0 spiro atoms. The van der Waals surface area contributed by atoms with Crippen LogP contribution in [0.5, 0.6) is 0 Å². The Labute approximate surface area is 101 Å². The molecule has 0 aromatic carbocycles. The topological polar surface area (TPSA) is 43.4 Å². The first-order chi connectivity index (χ1) is 7.71. The number of methoxy groups -OCH3 is 2. The van der Waals surface area contributed by atoms with Gasteiger partial charge in [-0.2, -0.15) is 0 Å². The maximum atomic E-state index is 5.11. The van der Waals surface area contributed by atoms with Gasteiger partial charge in [-0.15, -0.1) is 11.3 Å². The fourth-order valence-corrected chi connectivity index (χ4v) is 2.19. The maximum absolute atomic E-state index is 5.11. The second kappa shape index (κ2) is 6.96. The lowest BCUT2D eigenvalue weighted by molar-refractivity contribution is -0.0997. The van der Waals surface area contributed by atoms with Crippen molar-refractivity contribution in [2.45, 2.75) is 32.6 Å². The van der Waals surface area contributed by atoms with Crippen LogP contribution < -0.4 is 5.32 Å². The highest BCUT2D eigenvalue weighted by molar-refractivity contribution is 7.11. The smallest absolute Gasteiger partial charge is 0.169 e. The minimum absolute atomic E-state index is 0.201. The maximum Gasteiger partial charge on any atom is 0.169 e. The first kappa shape index (κ1) is 13.6. The van der Waals surface area contributed by atoms with Crippen molar-refractivity contribution in [3.63, 3.8) is 0 Å². The zero-order valence-corrected chi connectivity index (χ0v) is 11.1. The molecule has 0 fully saturated rings. The Hall–Kier alpha value is -0.490. The van der Waals surface area contributed by atoms with E-state index in [1.807, 2.05) is 6.20 Å². The highest BCUT2D eigenvalue weighted by atomic mass is 32.1. The van der Waals surface area contributed by atoms with Gasteiger partial charge >= 0.3 is 0 Å². The molecular formula is C11H20N2O2S. The van der Waals surface area contributed by atoms with E-state index >= 15 is 0 Å². The highest BCUT2D eigenvalue weighted by Gasteiger charge is 2.12. The fourth-order valence-electron chi connectivity index (χ4n) is 1.31. The Bertz CT molecular complexity index is 300. The number of nitrogens with one attached hydrogen (secondary N) is 1. The lowest BCUT2D eigenvalue weighted by Gasteiger charge is -2.17. The predicted octanol–water partition coefficient (Wildman–Crippen LogP) is 1.98. The van der Waals surface area contributed by atoms with Crippen molar-refractivity contribution in [2.24, 2.45) is 0 Å². The van der Waals surface area contributed by atoms with Crippen molar-refractivity contribution in [2.75, 3.05) is 20.8 Å². The minimum atomic E-state index is -0.201. The molecule has 0 aliphatic carbocycles. The number of rotatable bonds is 7. The average Bonchev–Trinajstić information content (AvgIpc) is 2.78. The van der Waals surface area contributed by atoms with Crippen LogP contribution in [0.1, 0.15) is 29.8 Å². The first-order valence-electron chi connectivity index (χ1n) is 5.44. The molecule has 4 nitrogen and oxygen atoms in total. The summed E-state index contributed by atoms with van der Waals surface area (Å²) in [5.74, 6) is 0. The molecule has 1 atom stereocenters. The van der Waals surface area contributed by atoms with Crippen LogP contribution in [0.15, 0.2) is 6.20 Å². The lowest BCUT2D eigenvalue weighted by Crippen LogP contribution is -2.31. The van der Waals surface area contributed by atoms with Crippen LogP contribution in [0.4, 0.5) is 0 Å². The third-order valence-electron chi connectivity index (χ3n) is 2.41. The van der Waals surface area contributed by atoms with Crippen LogP contribution >= 0.6 is 11.3 Å². The number of ether oxygens (including phenoxy) is 2. The molecule has 0 saturated heterocycles. The van der Waals surface area contributed by atoms with Crippen LogP contribution in [-0.4, -0.2) is 32.0 Å². The van der Waals surface area contributed by atoms with Crippen LogP contribution in [0.25, 0.3) is 0 Å². The molecule has 0 radical (unpaired) electrons. The molecule has 1 heterocycles. The van der Waals surface area contributed by atoms with Crippen molar-refractivity contribution in [3.8, 4) is 0 Å². The molecule has 16 heavy (non-hydrogen) atoms. The van der Waals surface area contributed by atoms with Crippen molar-refractivity contribution in [1.82, 2.24) is 10.3 Å². The SMILES string of the molecule is CCc1cnc(C(C)NCC(OC)OC)s1. The first-order valence-corrected chi connectivity index (χ1v) is 6.26. The van der Waals surface area contributed by atoms with Gasteiger partial charge in [-0.25, -0.2) is 4.98 Å². The molecule has 1 N–H and O–H groups in total. The van der Waals surface area contributed by atoms with Crippen LogP contribution in [-0.2, 0) is 15.9 Å². The Morgan fingerprint density at radius 2 is 2.12 bits per heavy atom. The van der Waals surface area contributed by atoms with Gasteiger partial charge in [-0.3, -0.25) is 0 Å². The Kier molecular flexibility index (Phi) is 5.90. The summed E-state index contributed by atoms with van der Waals surface area (Å²) in [5, 5.41) is 4.45. The van der Waals surface area contributed by atoms with Crippen LogP contribution in [0.3, 0.4) is 0 Å². The van der Waals surface area contributed by atoms with Gasteiger partial charge in [0.25, 0.3) is 0 Å². The predicted molar refractivity (Wildman–Crippen MR) is 65.7 cm³/mol. The summed E-state index contributed by atoms with van der Waals surface area (Å²) < 4.78 is 10.2. The molecule has 5 heteroatoms. The molecule has 0 aliphatic rings. The molecule has 92 valence electrons. The summed E-state index contributed by atoms with van der Waals surface area (Å²) in [5.41, 5.74) is 0. The van der Waals surface area contributed by atoms with E-state index in [1.54, 1.807) is 25.6 Å². The molecule has 0 bridgehead atoms. The largest absolute Gasteiger partial charge is 0.355 e. The van der Waals surface area contributed by atoms with E-state index in [1.165, 1.54) is 4.88 Å². The molecule has 0 saturated carbocycles. The summed E-state index contributed by atoms with van der Waals surface area (Å²) in [7, 11) is 3.28. The summed E-state index contributed by atoms with van der Waals surface area (Å²) in [6.07, 6.45) is 2.79. The highest BCUT2D eigenvalue weighted by Crippen LogP contribution is 2.20. The molecule has 1 unspecified atom stereocenters. The molecular weight excluding hydrogens is 224 g/mol. The van der Waals surface area contributed by atoms with Gasteiger partial charge in [0.05, 0.1) is 6.04 Å². The summed E-state index contributed by atoms with van der Waals surface area (Å²) in [6.45, 7) is 4.90. The quantitative estimate of drug-likeness (QED) is 0.745. The minimum Gasteiger partial charge on any atom is -0.355 e. The number of hydrogen-bond acceptors (Lipinski definition) is 5. The number of nitrogens with zero attached hydrogens (tertiary/aromatic N) is 1. The zero-order chi connectivity index (χ0) is 12.0. The summed E-state index contributed by atoms with van der Waals surface area (Å²) >= 11 is 1.75.